The molecule has 0 aliphatic rings. The van der Waals surface area contributed by atoms with Crippen molar-refractivity contribution in [2.75, 3.05) is 13.6 Å². The molecule has 1 rings (SSSR count). The van der Waals surface area contributed by atoms with Crippen LogP contribution in [0.4, 0.5) is 0 Å². The SMILES string of the molecule is CCCCN(Cc1ccccc1)C(=O)C#CNC. The van der Waals surface area contributed by atoms with Gasteiger partial charge in [-0.2, -0.15) is 0 Å². The Morgan fingerprint density at radius 2 is 2.06 bits per heavy atom. The van der Waals surface area contributed by atoms with Crippen LogP contribution in [-0.2, 0) is 11.3 Å². The van der Waals surface area contributed by atoms with Gasteiger partial charge in [0.1, 0.15) is 0 Å². The second-order valence-corrected chi connectivity index (χ2v) is 4.07. The fourth-order valence-corrected chi connectivity index (χ4v) is 1.60. The van der Waals surface area contributed by atoms with E-state index in [1.165, 1.54) is 0 Å². The van der Waals surface area contributed by atoms with E-state index in [2.05, 4.69) is 24.2 Å². The predicted molar refractivity (Wildman–Crippen MR) is 73.6 cm³/mol. The van der Waals surface area contributed by atoms with Crippen LogP contribution in [0.5, 0.6) is 0 Å². The van der Waals surface area contributed by atoms with Gasteiger partial charge in [-0.15, -0.1) is 0 Å². The highest BCUT2D eigenvalue weighted by Gasteiger charge is 2.10. The number of hydrogen-bond acceptors (Lipinski definition) is 2. The maximum Gasteiger partial charge on any atom is 0.300 e. The summed E-state index contributed by atoms with van der Waals surface area (Å²) in [6.07, 6.45) is 2.07. The molecule has 0 aromatic heterocycles. The number of rotatable bonds is 5. The summed E-state index contributed by atoms with van der Waals surface area (Å²) in [7, 11) is 1.70. The molecule has 0 saturated carbocycles. The van der Waals surface area contributed by atoms with E-state index in [4.69, 9.17) is 0 Å². The van der Waals surface area contributed by atoms with E-state index >= 15 is 0 Å². The first-order valence-electron chi connectivity index (χ1n) is 6.28. The Morgan fingerprint density at radius 3 is 2.67 bits per heavy atom. The van der Waals surface area contributed by atoms with Crippen LogP contribution in [0.3, 0.4) is 0 Å². The first-order valence-corrected chi connectivity index (χ1v) is 6.28. The van der Waals surface area contributed by atoms with E-state index in [0.29, 0.717) is 6.54 Å². The summed E-state index contributed by atoms with van der Waals surface area (Å²) in [6, 6.07) is 12.6. The quantitative estimate of drug-likeness (QED) is 0.634. The molecule has 0 aliphatic carbocycles. The molecule has 1 aromatic carbocycles. The number of unbranched alkanes of at least 4 members (excludes halogenated alkanes) is 1. The Kier molecular flexibility index (Phi) is 6.42. The summed E-state index contributed by atoms with van der Waals surface area (Å²) < 4.78 is 0. The normalized spacial score (nSPS) is 9.22. The third-order valence-electron chi connectivity index (χ3n) is 2.58. The van der Waals surface area contributed by atoms with Crippen molar-refractivity contribution in [2.24, 2.45) is 0 Å². The van der Waals surface area contributed by atoms with Gasteiger partial charge >= 0.3 is 5.91 Å². The van der Waals surface area contributed by atoms with Crippen molar-refractivity contribution in [1.29, 1.82) is 0 Å². The van der Waals surface area contributed by atoms with Gasteiger partial charge in [-0.3, -0.25) is 4.79 Å². The molecule has 0 fully saturated rings. The van der Waals surface area contributed by atoms with Crippen molar-refractivity contribution in [3.05, 3.63) is 35.9 Å². The topological polar surface area (TPSA) is 32.3 Å². The second-order valence-electron chi connectivity index (χ2n) is 4.07. The van der Waals surface area contributed by atoms with Crippen LogP contribution in [0, 0.1) is 12.0 Å². The fraction of sp³-hybridized carbons (Fsp3) is 0.400. The molecule has 0 bridgehead atoms. The molecular weight excluding hydrogens is 224 g/mol. The minimum Gasteiger partial charge on any atom is -0.349 e. The van der Waals surface area contributed by atoms with Crippen LogP contribution in [-0.4, -0.2) is 24.4 Å². The van der Waals surface area contributed by atoms with Gasteiger partial charge in [0.05, 0.1) is 0 Å². The van der Waals surface area contributed by atoms with E-state index in [-0.39, 0.29) is 5.91 Å². The summed E-state index contributed by atoms with van der Waals surface area (Å²) in [5.74, 6) is 2.46. The van der Waals surface area contributed by atoms with Crippen LogP contribution in [0.1, 0.15) is 25.3 Å². The Balaban J connectivity index is 2.69. The van der Waals surface area contributed by atoms with Crippen molar-refractivity contribution in [2.45, 2.75) is 26.3 Å². The Hall–Kier alpha value is -1.95. The van der Waals surface area contributed by atoms with E-state index < -0.39 is 0 Å². The van der Waals surface area contributed by atoms with Gasteiger partial charge in [-0.05, 0) is 12.0 Å². The molecule has 0 spiro atoms. The van der Waals surface area contributed by atoms with Gasteiger partial charge in [-0.25, -0.2) is 0 Å². The Labute approximate surface area is 109 Å². The monoisotopic (exact) mass is 244 g/mol. The minimum atomic E-state index is -0.123. The lowest BCUT2D eigenvalue weighted by Crippen LogP contribution is -2.30. The Morgan fingerprint density at radius 1 is 1.33 bits per heavy atom. The summed E-state index contributed by atoms with van der Waals surface area (Å²) in [5.41, 5.74) is 1.13. The van der Waals surface area contributed by atoms with Crippen LogP contribution >= 0.6 is 0 Å². The number of nitrogens with one attached hydrogen (secondary N) is 1. The van der Waals surface area contributed by atoms with Crippen molar-refractivity contribution >= 4 is 5.91 Å². The molecule has 1 aromatic rings. The van der Waals surface area contributed by atoms with Crippen molar-refractivity contribution in [3.63, 3.8) is 0 Å². The standard InChI is InChI=1S/C15H20N2O/c1-3-4-12-17(15(18)10-11-16-2)13-14-8-6-5-7-9-14/h5-9,16H,3-4,12-13H2,1-2H3. The first kappa shape index (κ1) is 14.1. The number of carbonyl (C=O) groups is 1. The van der Waals surface area contributed by atoms with Gasteiger partial charge in [0.15, 0.2) is 0 Å². The molecule has 1 amide bonds. The number of hydrogen-bond donors (Lipinski definition) is 1. The summed E-state index contributed by atoms with van der Waals surface area (Å²) in [4.78, 5) is 13.7. The van der Waals surface area contributed by atoms with Gasteiger partial charge < -0.3 is 10.2 Å². The molecule has 0 aliphatic heterocycles. The maximum absolute atomic E-state index is 11.9. The molecule has 3 heteroatoms. The smallest absolute Gasteiger partial charge is 0.300 e. The molecule has 0 atom stereocenters. The third-order valence-corrected chi connectivity index (χ3v) is 2.58. The average molecular weight is 244 g/mol. The number of amides is 1. The molecule has 0 radical (unpaired) electrons. The van der Waals surface area contributed by atoms with Gasteiger partial charge in [0, 0.05) is 32.1 Å². The molecular formula is C15H20N2O. The third kappa shape index (κ3) is 4.92. The lowest BCUT2D eigenvalue weighted by molar-refractivity contribution is -0.125. The lowest BCUT2D eigenvalue weighted by Gasteiger charge is -2.19. The summed E-state index contributed by atoms with van der Waals surface area (Å²) in [5, 5.41) is 2.66. The zero-order valence-electron chi connectivity index (χ0n) is 11.1. The highest BCUT2D eigenvalue weighted by Crippen LogP contribution is 2.06. The van der Waals surface area contributed by atoms with E-state index in [9.17, 15) is 4.79 Å². The number of benzene rings is 1. The fourth-order valence-electron chi connectivity index (χ4n) is 1.60. The van der Waals surface area contributed by atoms with E-state index in [1.54, 1.807) is 11.9 Å². The molecule has 18 heavy (non-hydrogen) atoms. The average Bonchev–Trinajstić information content (AvgIpc) is 2.42. The van der Waals surface area contributed by atoms with Gasteiger partial charge in [0.2, 0.25) is 0 Å². The summed E-state index contributed by atoms with van der Waals surface area (Å²) in [6.45, 7) is 3.49. The molecule has 1 N–H and O–H groups in total. The highest BCUT2D eigenvalue weighted by atomic mass is 16.2. The lowest BCUT2D eigenvalue weighted by atomic mass is 10.2. The van der Waals surface area contributed by atoms with Crippen molar-refractivity contribution in [3.8, 4) is 12.0 Å². The molecule has 0 heterocycles. The predicted octanol–water partition coefficient (Wildman–Crippen LogP) is 2.00. The van der Waals surface area contributed by atoms with Gasteiger partial charge in [-0.1, -0.05) is 43.7 Å². The minimum absolute atomic E-state index is 0.123. The number of nitrogens with zero attached hydrogens (tertiary/aromatic N) is 1. The second kappa shape index (κ2) is 8.19. The van der Waals surface area contributed by atoms with Crippen LogP contribution in [0.15, 0.2) is 30.3 Å². The molecule has 3 nitrogen and oxygen atoms in total. The van der Waals surface area contributed by atoms with E-state index in [0.717, 1.165) is 24.9 Å². The van der Waals surface area contributed by atoms with Crippen LogP contribution in [0.2, 0.25) is 0 Å². The van der Waals surface area contributed by atoms with E-state index in [1.807, 2.05) is 30.3 Å². The van der Waals surface area contributed by atoms with Gasteiger partial charge in [0.25, 0.3) is 0 Å². The molecule has 0 unspecified atom stereocenters. The number of carbonyl (C=O) groups excluding carboxylic acids is 1. The highest BCUT2D eigenvalue weighted by molar-refractivity contribution is 5.93. The largest absolute Gasteiger partial charge is 0.349 e. The zero-order valence-corrected chi connectivity index (χ0v) is 11.1. The molecule has 0 saturated heterocycles. The molecule has 96 valence electrons. The van der Waals surface area contributed by atoms with Crippen LogP contribution < -0.4 is 5.32 Å². The maximum atomic E-state index is 11.9. The van der Waals surface area contributed by atoms with Crippen molar-refractivity contribution in [1.82, 2.24) is 10.2 Å². The Bertz CT molecular complexity index is 417. The zero-order chi connectivity index (χ0) is 13.2. The first-order chi connectivity index (χ1) is 8.77. The summed E-state index contributed by atoms with van der Waals surface area (Å²) >= 11 is 0. The van der Waals surface area contributed by atoms with Crippen molar-refractivity contribution < 1.29 is 4.79 Å². The van der Waals surface area contributed by atoms with Crippen LogP contribution in [0.25, 0.3) is 0 Å².